The minimum atomic E-state index is -1.22. The van der Waals surface area contributed by atoms with Crippen LogP contribution in [-0.2, 0) is 0 Å². The van der Waals surface area contributed by atoms with Gasteiger partial charge in [0.1, 0.15) is 0 Å². The summed E-state index contributed by atoms with van der Waals surface area (Å²) in [5.41, 5.74) is 0. The van der Waals surface area contributed by atoms with Crippen LogP contribution in [-0.4, -0.2) is 46.7 Å². The molecule has 1 atom stereocenters. The van der Waals surface area contributed by atoms with Crippen molar-refractivity contribution in [2.75, 3.05) is 13.1 Å². The lowest BCUT2D eigenvalue weighted by molar-refractivity contribution is 0.148. The lowest BCUT2D eigenvalue weighted by Gasteiger charge is -2.09. The van der Waals surface area contributed by atoms with Gasteiger partial charge >= 0.3 is 12.2 Å². The van der Waals surface area contributed by atoms with Crippen molar-refractivity contribution in [3.63, 3.8) is 0 Å². The first-order chi connectivity index (χ1) is 6.02. The van der Waals surface area contributed by atoms with Crippen LogP contribution < -0.4 is 10.6 Å². The summed E-state index contributed by atoms with van der Waals surface area (Å²) in [5, 5.41) is 29.4. The summed E-state index contributed by atoms with van der Waals surface area (Å²) in [7, 11) is 0. The third kappa shape index (κ3) is 8.41. The van der Waals surface area contributed by atoms with Gasteiger partial charge in [0.15, 0.2) is 0 Å². The largest absolute Gasteiger partial charge is 0.465 e. The summed E-state index contributed by atoms with van der Waals surface area (Å²) in [6.07, 6.45) is -3.08. The zero-order valence-electron chi connectivity index (χ0n) is 6.86. The molecule has 0 radical (unpaired) electrons. The van der Waals surface area contributed by atoms with Crippen LogP contribution in [0.5, 0.6) is 0 Å². The molecule has 0 aliphatic carbocycles. The first kappa shape index (κ1) is 11.5. The second-order valence-electron chi connectivity index (χ2n) is 2.36. The monoisotopic (exact) mass is 192 g/mol. The smallest absolute Gasteiger partial charge is 0.404 e. The summed E-state index contributed by atoms with van der Waals surface area (Å²) in [4.78, 5) is 19.9. The zero-order valence-corrected chi connectivity index (χ0v) is 6.86. The van der Waals surface area contributed by atoms with Crippen LogP contribution in [0.3, 0.4) is 0 Å². The minimum Gasteiger partial charge on any atom is -0.465 e. The van der Waals surface area contributed by atoms with Gasteiger partial charge in [0.05, 0.1) is 6.10 Å². The molecule has 1 unspecified atom stereocenters. The maximum Gasteiger partial charge on any atom is 0.404 e. The number of rotatable bonds is 5. The maximum atomic E-state index is 9.95. The van der Waals surface area contributed by atoms with E-state index in [1.54, 1.807) is 0 Å². The van der Waals surface area contributed by atoms with E-state index in [0.717, 1.165) is 0 Å². The predicted octanol–water partition coefficient (Wildman–Crippen LogP) is -0.727. The van der Waals surface area contributed by atoms with Gasteiger partial charge in [-0.2, -0.15) is 0 Å². The van der Waals surface area contributed by atoms with E-state index in [-0.39, 0.29) is 19.5 Å². The average molecular weight is 192 g/mol. The predicted molar refractivity (Wildman–Crippen MR) is 42.7 cm³/mol. The SMILES string of the molecule is O=C(O)NCCC(O)CNC(=O)O. The fraction of sp³-hybridized carbons (Fsp3) is 0.667. The molecule has 7 nitrogen and oxygen atoms in total. The Morgan fingerprint density at radius 2 is 1.69 bits per heavy atom. The quantitative estimate of drug-likeness (QED) is 0.393. The second-order valence-corrected chi connectivity index (χ2v) is 2.36. The molecule has 0 saturated carbocycles. The number of carboxylic acid groups (broad SMARTS) is 2. The summed E-state index contributed by atoms with van der Waals surface area (Å²) < 4.78 is 0. The first-order valence-electron chi connectivity index (χ1n) is 3.64. The van der Waals surface area contributed by atoms with Crippen LogP contribution in [0, 0.1) is 0 Å². The first-order valence-corrected chi connectivity index (χ1v) is 3.64. The Morgan fingerprint density at radius 3 is 2.15 bits per heavy atom. The van der Waals surface area contributed by atoms with Gasteiger partial charge in [-0.05, 0) is 6.42 Å². The molecule has 0 fully saturated rings. The second kappa shape index (κ2) is 6.06. The molecule has 7 heteroatoms. The maximum absolute atomic E-state index is 9.95. The van der Waals surface area contributed by atoms with Gasteiger partial charge in [-0.25, -0.2) is 9.59 Å². The molecule has 0 aromatic carbocycles. The van der Waals surface area contributed by atoms with E-state index in [4.69, 9.17) is 15.3 Å². The van der Waals surface area contributed by atoms with Gasteiger partial charge in [0, 0.05) is 13.1 Å². The van der Waals surface area contributed by atoms with Crippen LogP contribution in [0.1, 0.15) is 6.42 Å². The summed E-state index contributed by atoms with van der Waals surface area (Å²) in [6.45, 7) is -0.00552. The lowest BCUT2D eigenvalue weighted by atomic mass is 10.2. The van der Waals surface area contributed by atoms with Gasteiger partial charge in [-0.1, -0.05) is 0 Å². The number of carbonyl (C=O) groups is 2. The Kier molecular flexibility index (Phi) is 5.37. The molecule has 5 N–H and O–H groups in total. The van der Waals surface area contributed by atoms with E-state index < -0.39 is 18.3 Å². The fourth-order valence-electron chi connectivity index (χ4n) is 0.653. The van der Waals surface area contributed by atoms with Crippen molar-refractivity contribution < 1.29 is 24.9 Å². The molecule has 0 aliphatic rings. The van der Waals surface area contributed by atoms with E-state index in [1.165, 1.54) is 0 Å². The lowest BCUT2D eigenvalue weighted by Crippen LogP contribution is -2.33. The highest BCUT2D eigenvalue weighted by atomic mass is 16.4. The Labute approximate surface area is 74.4 Å². The number of aliphatic hydroxyl groups excluding tert-OH is 1. The number of amides is 2. The van der Waals surface area contributed by atoms with Crippen molar-refractivity contribution in [1.29, 1.82) is 0 Å². The fourth-order valence-corrected chi connectivity index (χ4v) is 0.653. The molecule has 0 bridgehead atoms. The molecule has 0 spiro atoms. The van der Waals surface area contributed by atoms with Crippen LogP contribution in [0.25, 0.3) is 0 Å². The molecular formula is C6H12N2O5. The number of hydrogen-bond donors (Lipinski definition) is 5. The van der Waals surface area contributed by atoms with E-state index in [9.17, 15) is 9.59 Å². The van der Waals surface area contributed by atoms with E-state index in [2.05, 4.69) is 0 Å². The molecule has 0 saturated heterocycles. The van der Waals surface area contributed by atoms with Crippen LogP contribution in [0.4, 0.5) is 9.59 Å². The van der Waals surface area contributed by atoms with Crippen molar-refractivity contribution >= 4 is 12.2 Å². The molecule has 2 amide bonds. The Bertz CT molecular complexity index is 184. The van der Waals surface area contributed by atoms with Crippen molar-refractivity contribution in [1.82, 2.24) is 10.6 Å². The van der Waals surface area contributed by atoms with E-state index in [1.807, 2.05) is 10.6 Å². The van der Waals surface area contributed by atoms with Gasteiger partial charge in [0.25, 0.3) is 0 Å². The molecule has 76 valence electrons. The average Bonchev–Trinajstić information content (AvgIpc) is 2.00. The molecule has 13 heavy (non-hydrogen) atoms. The highest BCUT2D eigenvalue weighted by Crippen LogP contribution is 1.87. The standard InChI is InChI=1S/C6H12N2O5/c9-4(3-8-6(12)13)1-2-7-5(10)11/h4,7-9H,1-3H2,(H,10,11)(H,12,13). The van der Waals surface area contributed by atoms with Gasteiger partial charge in [0.2, 0.25) is 0 Å². The zero-order chi connectivity index (χ0) is 10.3. The summed E-state index contributed by atoms with van der Waals surface area (Å²) in [6, 6.07) is 0. The summed E-state index contributed by atoms with van der Waals surface area (Å²) >= 11 is 0. The molecule has 0 aromatic heterocycles. The third-order valence-electron chi connectivity index (χ3n) is 1.24. The molecular weight excluding hydrogens is 180 g/mol. The number of hydrogen-bond acceptors (Lipinski definition) is 3. The molecule has 0 rings (SSSR count). The van der Waals surface area contributed by atoms with Crippen LogP contribution in [0.15, 0.2) is 0 Å². The van der Waals surface area contributed by atoms with Crippen LogP contribution in [0.2, 0.25) is 0 Å². The Morgan fingerprint density at radius 1 is 1.15 bits per heavy atom. The van der Waals surface area contributed by atoms with E-state index >= 15 is 0 Å². The number of aliphatic hydroxyl groups is 1. The third-order valence-corrected chi connectivity index (χ3v) is 1.24. The van der Waals surface area contributed by atoms with Crippen molar-refractivity contribution in [3.8, 4) is 0 Å². The van der Waals surface area contributed by atoms with Gasteiger partial charge < -0.3 is 26.0 Å². The topological polar surface area (TPSA) is 119 Å². The summed E-state index contributed by atoms with van der Waals surface area (Å²) in [5.74, 6) is 0. The number of nitrogens with one attached hydrogen (secondary N) is 2. The van der Waals surface area contributed by atoms with E-state index in [0.29, 0.717) is 0 Å². The van der Waals surface area contributed by atoms with Gasteiger partial charge in [-0.15, -0.1) is 0 Å². The van der Waals surface area contributed by atoms with Gasteiger partial charge in [-0.3, -0.25) is 0 Å². The van der Waals surface area contributed by atoms with Crippen molar-refractivity contribution in [2.45, 2.75) is 12.5 Å². The van der Waals surface area contributed by atoms with Crippen molar-refractivity contribution in [3.05, 3.63) is 0 Å². The normalized spacial score (nSPS) is 11.8. The molecule has 0 aromatic rings. The van der Waals surface area contributed by atoms with Crippen molar-refractivity contribution in [2.24, 2.45) is 0 Å². The highest BCUT2D eigenvalue weighted by molar-refractivity contribution is 5.64. The Hall–Kier alpha value is -1.50. The Balaban J connectivity index is 3.35. The minimum absolute atomic E-state index is 0.0950. The molecule has 0 aliphatic heterocycles. The van der Waals surface area contributed by atoms with Crippen LogP contribution >= 0.6 is 0 Å². The molecule has 0 heterocycles. The highest BCUT2D eigenvalue weighted by Gasteiger charge is 2.05.